The van der Waals surface area contributed by atoms with Crippen molar-refractivity contribution in [3.05, 3.63) is 24.0 Å². The molecule has 0 aliphatic heterocycles. The van der Waals surface area contributed by atoms with E-state index in [0.717, 1.165) is 32.1 Å². The molecule has 1 aliphatic rings. The van der Waals surface area contributed by atoms with Crippen LogP contribution >= 0.6 is 0 Å². The van der Waals surface area contributed by atoms with E-state index in [1.54, 1.807) is 0 Å². The van der Waals surface area contributed by atoms with Crippen molar-refractivity contribution in [2.45, 2.75) is 38.3 Å². The maximum absolute atomic E-state index is 10.5. The molecule has 1 saturated carbocycles. The SMILES string of the molecule is O=Cc1ccn(CC2CCCCC2O)c1. The van der Waals surface area contributed by atoms with Gasteiger partial charge in [0, 0.05) is 30.4 Å². The van der Waals surface area contributed by atoms with Crippen molar-refractivity contribution in [3.8, 4) is 0 Å². The highest BCUT2D eigenvalue weighted by Gasteiger charge is 2.22. The van der Waals surface area contributed by atoms with Crippen LogP contribution in [0.25, 0.3) is 0 Å². The molecular weight excluding hydrogens is 190 g/mol. The molecule has 2 rings (SSSR count). The summed E-state index contributed by atoms with van der Waals surface area (Å²) in [7, 11) is 0. The summed E-state index contributed by atoms with van der Waals surface area (Å²) in [5, 5.41) is 9.81. The molecule has 0 aromatic carbocycles. The Kier molecular flexibility index (Phi) is 3.21. The van der Waals surface area contributed by atoms with E-state index >= 15 is 0 Å². The van der Waals surface area contributed by atoms with E-state index < -0.39 is 0 Å². The van der Waals surface area contributed by atoms with Gasteiger partial charge in [0.1, 0.15) is 0 Å². The van der Waals surface area contributed by atoms with Crippen LogP contribution in [0.4, 0.5) is 0 Å². The Bertz CT molecular complexity index is 332. The van der Waals surface area contributed by atoms with Crippen LogP contribution in [0.5, 0.6) is 0 Å². The number of carbonyl (C=O) groups is 1. The molecule has 1 aromatic rings. The monoisotopic (exact) mass is 207 g/mol. The molecule has 1 aromatic heterocycles. The summed E-state index contributed by atoms with van der Waals surface area (Å²) >= 11 is 0. The highest BCUT2D eigenvalue weighted by molar-refractivity contribution is 5.74. The topological polar surface area (TPSA) is 42.2 Å². The van der Waals surface area contributed by atoms with Crippen molar-refractivity contribution in [3.63, 3.8) is 0 Å². The fourth-order valence-corrected chi connectivity index (χ4v) is 2.31. The van der Waals surface area contributed by atoms with E-state index in [1.165, 1.54) is 6.42 Å². The molecule has 0 radical (unpaired) electrons. The van der Waals surface area contributed by atoms with Gasteiger partial charge >= 0.3 is 0 Å². The second-order valence-electron chi connectivity index (χ2n) is 4.37. The summed E-state index contributed by atoms with van der Waals surface area (Å²) in [4.78, 5) is 10.5. The van der Waals surface area contributed by atoms with Gasteiger partial charge in [0.15, 0.2) is 6.29 Å². The van der Waals surface area contributed by atoms with Crippen LogP contribution in [0.3, 0.4) is 0 Å². The third-order valence-electron chi connectivity index (χ3n) is 3.22. The Hall–Kier alpha value is -1.09. The molecule has 1 heterocycles. The van der Waals surface area contributed by atoms with Crippen LogP contribution in [-0.2, 0) is 6.54 Å². The molecule has 0 saturated heterocycles. The number of aliphatic hydroxyl groups excluding tert-OH is 1. The Labute approximate surface area is 89.7 Å². The minimum atomic E-state index is -0.166. The number of carbonyl (C=O) groups excluding carboxylic acids is 1. The summed E-state index contributed by atoms with van der Waals surface area (Å²) in [5.74, 6) is 0.352. The molecule has 3 heteroatoms. The first-order valence-electron chi connectivity index (χ1n) is 5.58. The third kappa shape index (κ3) is 2.48. The van der Waals surface area contributed by atoms with Crippen molar-refractivity contribution in [1.29, 1.82) is 0 Å². The smallest absolute Gasteiger partial charge is 0.151 e. The maximum Gasteiger partial charge on any atom is 0.151 e. The van der Waals surface area contributed by atoms with Gasteiger partial charge in [-0.1, -0.05) is 12.8 Å². The normalized spacial score (nSPS) is 26.5. The van der Waals surface area contributed by atoms with Crippen molar-refractivity contribution in [2.24, 2.45) is 5.92 Å². The maximum atomic E-state index is 10.5. The van der Waals surface area contributed by atoms with Crippen LogP contribution in [0.2, 0.25) is 0 Å². The van der Waals surface area contributed by atoms with E-state index in [2.05, 4.69) is 0 Å². The number of hydrogen-bond acceptors (Lipinski definition) is 2. The van der Waals surface area contributed by atoms with E-state index in [0.29, 0.717) is 11.5 Å². The summed E-state index contributed by atoms with van der Waals surface area (Å²) in [6.45, 7) is 0.828. The molecule has 3 nitrogen and oxygen atoms in total. The molecule has 0 spiro atoms. The van der Waals surface area contributed by atoms with E-state index in [9.17, 15) is 9.90 Å². The summed E-state index contributed by atoms with van der Waals surface area (Å²) in [6.07, 6.45) is 8.81. The lowest BCUT2D eigenvalue weighted by Crippen LogP contribution is -2.27. The van der Waals surface area contributed by atoms with Crippen molar-refractivity contribution in [2.75, 3.05) is 0 Å². The number of aliphatic hydroxyl groups is 1. The summed E-state index contributed by atoms with van der Waals surface area (Å²) < 4.78 is 2.00. The fraction of sp³-hybridized carbons (Fsp3) is 0.583. The second kappa shape index (κ2) is 4.62. The van der Waals surface area contributed by atoms with Crippen LogP contribution < -0.4 is 0 Å². The van der Waals surface area contributed by atoms with Crippen LogP contribution in [0, 0.1) is 5.92 Å². The first-order valence-corrected chi connectivity index (χ1v) is 5.58. The molecule has 2 atom stereocenters. The van der Waals surface area contributed by atoms with Crippen molar-refractivity contribution >= 4 is 6.29 Å². The lowest BCUT2D eigenvalue weighted by Gasteiger charge is -2.27. The molecule has 2 unspecified atom stereocenters. The zero-order chi connectivity index (χ0) is 10.7. The Morgan fingerprint density at radius 1 is 1.47 bits per heavy atom. The van der Waals surface area contributed by atoms with E-state index in [-0.39, 0.29) is 6.10 Å². The van der Waals surface area contributed by atoms with Gasteiger partial charge in [-0.05, 0) is 18.9 Å². The minimum absolute atomic E-state index is 0.166. The van der Waals surface area contributed by atoms with Gasteiger partial charge in [0.25, 0.3) is 0 Å². The number of nitrogens with zero attached hydrogens (tertiary/aromatic N) is 1. The molecule has 1 aliphatic carbocycles. The Balaban J connectivity index is 1.97. The number of hydrogen-bond donors (Lipinski definition) is 1. The number of aromatic nitrogens is 1. The molecule has 1 fully saturated rings. The summed E-state index contributed by atoms with van der Waals surface area (Å²) in [6, 6.07) is 1.81. The van der Waals surface area contributed by atoms with Gasteiger partial charge in [-0.3, -0.25) is 4.79 Å². The van der Waals surface area contributed by atoms with Crippen LogP contribution in [0.1, 0.15) is 36.0 Å². The van der Waals surface area contributed by atoms with Gasteiger partial charge in [0.2, 0.25) is 0 Å². The lowest BCUT2D eigenvalue weighted by molar-refractivity contribution is 0.0607. The first-order chi connectivity index (χ1) is 7.29. The second-order valence-corrected chi connectivity index (χ2v) is 4.37. The molecule has 0 bridgehead atoms. The third-order valence-corrected chi connectivity index (χ3v) is 3.22. The molecular formula is C12H17NO2. The van der Waals surface area contributed by atoms with Crippen molar-refractivity contribution in [1.82, 2.24) is 4.57 Å². The minimum Gasteiger partial charge on any atom is -0.393 e. The lowest BCUT2D eigenvalue weighted by atomic mass is 9.86. The van der Waals surface area contributed by atoms with Gasteiger partial charge in [0.05, 0.1) is 6.10 Å². The van der Waals surface area contributed by atoms with Gasteiger partial charge < -0.3 is 9.67 Å². The highest BCUT2D eigenvalue weighted by atomic mass is 16.3. The van der Waals surface area contributed by atoms with Gasteiger partial charge in [-0.2, -0.15) is 0 Å². The van der Waals surface area contributed by atoms with Crippen LogP contribution in [-0.4, -0.2) is 22.1 Å². The zero-order valence-electron chi connectivity index (χ0n) is 8.80. The Morgan fingerprint density at radius 2 is 2.27 bits per heavy atom. The molecule has 82 valence electrons. The highest BCUT2D eigenvalue weighted by Crippen LogP contribution is 2.25. The van der Waals surface area contributed by atoms with Crippen molar-refractivity contribution < 1.29 is 9.90 Å². The summed E-state index contributed by atoms with van der Waals surface area (Å²) in [5.41, 5.74) is 0.709. The van der Waals surface area contributed by atoms with E-state index in [1.807, 2.05) is 23.0 Å². The first kappa shape index (κ1) is 10.4. The molecule has 0 amide bonds. The average Bonchev–Trinajstić information content (AvgIpc) is 2.69. The largest absolute Gasteiger partial charge is 0.393 e. The van der Waals surface area contributed by atoms with E-state index in [4.69, 9.17) is 0 Å². The van der Waals surface area contributed by atoms with Crippen LogP contribution in [0.15, 0.2) is 18.5 Å². The molecule has 15 heavy (non-hydrogen) atoms. The van der Waals surface area contributed by atoms with Gasteiger partial charge in [-0.15, -0.1) is 0 Å². The zero-order valence-corrected chi connectivity index (χ0v) is 8.80. The van der Waals surface area contributed by atoms with Gasteiger partial charge in [-0.25, -0.2) is 0 Å². The quantitative estimate of drug-likeness (QED) is 0.769. The number of aldehydes is 1. The predicted molar refractivity (Wildman–Crippen MR) is 57.8 cm³/mol. The molecule has 1 N–H and O–H groups in total. The number of rotatable bonds is 3. The predicted octanol–water partition coefficient (Wildman–Crippen LogP) is 1.85. The standard InChI is InChI=1S/C12H17NO2/c14-9-10-5-6-13(7-10)8-11-3-1-2-4-12(11)15/h5-7,9,11-12,15H,1-4,8H2. The Morgan fingerprint density at radius 3 is 2.93 bits per heavy atom. The average molecular weight is 207 g/mol. The fourth-order valence-electron chi connectivity index (χ4n) is 2.31.